The third-order valence-electron chi connectivity index (χ3n) is 5.37. The van der Waals surface area contributed by atoms with Crippen molar-refractivity contribution in [3.8, 4) is 11.5 Å². The minimum Gasteiger partial charge on any atom is -0.504 e. The molecule has 0 radical (unpaired) electrons. The molecule has 1 aromatic carbocycles. The molecule has 1 heterocycles. The van der Waals surface area contributed by atoms with Crippen LogP contribution in [0.2, 0.25) is 0 Å². The standard InChI is InChI=1S/C18H26O4/c1-11-4-6-13-15(8-11)22-17(10-18(13,2)20)12-5-7-14(19)16(9-12)21-3/h5,7,9,11,13,15,17,19-20H,4,6,8,10H2,1-3H3/t11-,13-,15-,17-,18?/m1/s1. The second-order valence-electron chi connectivity index (χ2n) is 7.18. The van der Waals surface area contributed by atoms with Crippen LogP contribution in [0.1, 0.15) is 51.2 Å². The molecule has 0 spiro atoms. The lowest BCUT2D eigenvalue weighted by molar-refractivity contribution is -0.197. The van der Waals surface area contributed by atoms with E-state index < -0.39 is 5.60 Å². The number of aliphatic hydroxyl groups is 1. The van der Waals surface area contributed by atoms with E-state index in [0.29, 0.717) is 18.1 Å². The van der Waals surface area contributed by atoms with Crippen molar-refractivity contribution in [2.75, 3.05) is 7.11 Å². The van der Waals surface area contributed by atoms with Crippen molar-refractivity contribution < 1.29 is 19.7 Å². The highest BCUT2D eigenvalue weighted by molar-refractivity contribution is 5.42. The van der Waals surface area contributed by atoms with Crippen LogP contribution in [0.15, 0.2) is 18.2 Å². The quantitative estimate of drug-likeness (QED) is 0.879. The summed E-state index contributed by atoms with van der Waals surface area (Å²) in [5, 5.41) is 20.7. The van der Waals surface area contributed by atoms with Crippen LogP contribution in [0, 0.1) is 11.8 Å². The van der Waals surface area contributed by atoms with Gasteiger partial charge in [0.05, 0.1) is 24.9 Å². The van der Waals surface area contributed by atoms with Gasteiger partial charge in [-0.25, -0.2) is 0 Å². The van der Waals surface area contributed by atoms with Gasteiger partial charge < -0.3 is 19.7 Å². The predicted octanol–water partition coefficient (Wildman–Crippen LogP) is 3.42. The minimum atomic E-state index is -0.709. The van der Waals surface area contributed by atoms with Crippen molar-refractivity contribution >= 4 is 0 Å². The Morgan fingerprint density at radius 2 is 2.09 bits per heavy atom. The molecule has 1 saturated heterocycles. The number of ether oxygens (including phenoxy) is 2. The van der Waals surface area contributed by atoms with Crippen LogP contribution in [0.25, 0.3) is 0 Å². The van der Waals surface area contributed by atoms with Crippen LogP contribution in [-0.2, 0) is 4.74 Å². The zero-order valence-corrected chi connectivity index (χ0v) is 13.6. The molecule has 4 nitrogen and oxygen atoms in total. The molecule has 22 heavy (non-hydrogen) atoms. The van der Waals surface area contributed by atoms with E-state index in [1.165, 1.54) is 13.5 Å². The Morgan fingerprint density at radius 3 is 2.82 bits per heavy atom. The fraction of sp³-hybridized carbons (Fsp3) is 0.667. The van der Waals surface area contributed by atoms with Gasteiger partial charge in [0.25, 0.3) is 0 Å². The lowest BCUT2D eigenvalue weighted by atomic mass is 9.68. The molecule has 3 rings (SSSR count). The van der Waals surface area contributed by atoms with E-state index in [4.69, 9.17) is 9.47 Å². The van der Waals surface area contributed by atoms with Gasteiger partial charge in [-0.3, -0.25) is 0 Å². The van der Waals surface area contributed by atoms with Gasteiger partial charge in [-0.05, 0) is 43.4 Å². The summed E-state index contributed by atoms with van der Waals surface area (Å²) < 4.78 is 11.5. The molecule has 1 aliphatic heterocycles. The second kappa shape index (κ2) is 5.74. The van der Waals surface area contributed by atoms with E-state index in [1.807, 2.05) is 19.1 Å². The van der Waals surface area contributed by atoms with E-state index in [2.05, 4.69) is 6.92 Å². The molecule has 1 aromatic rings. The van der Waals surface area contributed by atoms with Crippen molar-refractivity contribution in [2.24, 2.45) is 11.8 Å². The number of rotatable bonds is 2. The highest BCUT2D eigenvalue weighted by Crippen LogP contribution is 2.48. The summed E-state index contributed by atoms with van der Waals surface area (Å²) in [7, 11) is 1.54. The number of phenols is 1. The Hall–Kier alpha value is -1.26. The van der Waals surface area contributed by atoms with E-state index in [0.717, 1.165) is 18.4 Å². The smallest absolute Gasteiger partial charge is 0.160 e. The third-order valence-corrected chi connectivity index (χ3v) is 5.37. The van der Waals surface area contributed by atoms with Crippen molar-refractivity contribution in [3.05, 3.63) is 23.8 Å². The fourth-order valence-corrected chi connectivity index (χ4v) is 4.07. The number of phenolic OH excluding ortho intramolecular Hbond substituents is 1. The van der Waals surface area contributed by atoms with Gasteiger partial charge in [0.2, 0.25) is 0 Å². The Balaban J connectivity index is 1.86. The van der Waals surface area contributed by atoms with Crippen molar-refractivity contribution in [3.63, 3.8) is 0 Å². The van der Waals surface area contributed by atoms with E-state index in [1.54, 1.807) is 6.07 Å². The largest absolute Gasteiger partial charge is 0.504 e. The molecule has 0 aromatic heterocycles. The molecular formula is C18H26O4. The summed E-state index contributed by atoms with van der Waals surface area (Å²) in [5.41, 5.74) is 0.241. The maximum atomic E-state index is 10.9. The average Bonchev–Trinajstić information content (AvgIpc) is 2.46. The first kappa shape index (κ1) is 15.6. The summed E-state index contributed by atoms with van der Waals surface area (Å²) in [6.07, 6.45) is 3.74. The normalized spacial score (nSPS) is 38.4. The van der Waals surface area contributed by atoms with Crippen LogP contribution in [-0.4, -0.2) is 29.0 Å². The van der Waals surface area contributed by atoms with Crippen LogP contribution in [0.3, 0.4) is 0 Å². The van der Waals surface area contributed by atoms with E-state index in [9.17, 15) is 10.2 Å². The van der Waals surface area contributed by atoms with Crippen molar-refractivity contribution in [1.29, 1.82) is 0 Å². The van der Waals surface area contributed by atoms with Crippen LogP contribution in [0.4, 0.5) is 0 Å². The molecule has 0 bridgehead atoms. The highest BCUT2D eigenvalue weighted by atomic mass is 16.5. The average molecular weight is 306 g/mol. The first-order chi connectivity index (χ1) is 10.4. The van der Waals surface area contributed by atoms with Gasteiger partial charge in [-0.1, -0.05) is 19.4 Å². The van der Waals surface area contributed by atoms with Gasteiger partial charge in [-0.15, -0.1) is 0 Å². The van der Waals surface area contributed by atoms with Gasteiger partial charge in [0, 0.05) is 12.3 Å². The lowest BCUT2D eigenvalue weighted by Gasteiger charge is -2.49. The number of hydrogen-bond acceptors (Lipinski definition) is 4. The monoisotopic (exact) mass is 306 g/mol. The van der Waals surface area contributed by atoms with Gasteiger partial charge in [-0.2, -0.15) is 0 Å². The van der Waals surface area contributed by atoms with Crippen molar-refractivity contribution in [2.45, 2.75) is 57.3 Å². The second-order valence-corrected chi connectivity index (χ2v) is 7.18. The molecule has 5 atom stereocenters. The molecule has 4 heteroatoms. The summed E-state index contributed by atoms with van der Waals surface area (Å²) in [4.78, 5) is 0. The number of fused-ring (bicyclic) bond motifs is 1. The Kier molecular flexibility index (Phi) is 4.08. The summed E-state index contributed by atoms with van der Waals surface area (Å²) in [6.45, 7) is 4.19. The fourth-order valence-electron chi connectivity index (χ4n) is 4.07. The van der Waals surface area contributed by atoms with E-state index >= 15 is 0 Å². The zero-order valence-electron chi connectivity index (χ0n) is 13.6. The third kappa shape index (κ3) is 2.82. The Bertz CT molecular complexity index is 540. The summed E-state index contributed by atoms with van der Waals surface area (Å²) in [5.74, 6) is 1.43. The van der Waals surface area contributed by atoms with Crippen molar-refractivity contribution in [1.82, 2.24) is 0 Å². The first-order valence-electron chi connectivity index (χ1n) is 8.15. The number of aromatic hydroxyl groups is 1. The number of benzene rings is 1. The molecule has 2 fully saturated rings. The van der Waals surface area contributed by atoms with Crippen LogP contribution in [0.5, 0.6) is 11.5 Å². The SMILES string of the molecule is COc1cc([C@H]2CC(C)(O)[C@@H]3CC[C@@H](C)C[C@H]3O2)ccc1O. The molecule has 2 N–H and O–H groups in total. The Labute approximate surface area is 132 Å². The minimum absolute atomic E-state index is 0.109. The first-order valence-corrected chi connectivity index (χ1v) is 8.15. The molecule has 1 aliphatic carbocycles. The Morgan fingerprint density at radius 1 is 1.32 bits per heavy atom. The summed E-state index contributed by atoms with van der Waals surface area (Å²) in [6, 6.07) is 5.29. The summed E-state index contributed by atoms with van der Waals surface area (Å²) >= 11 is 0. The molecule has 1 unspecified atom stereocenters. The van der Waals surface area contributed by atoms with Gasteiger partial charge in [0.15, 0.2) is 11.5 Å². The zero-order chi connectivity index (χ0) is 15.9. The number of hydrogen-bond donors (Lipinski definition) is 2. The van der Waals surface area contributed by atoms with Gasteiger partial charge >= 0.3 is 0 Å². The van der Waals surface area contributed by atoms with E-state index in [-0.39, 0.29) is 23.9 Å². The predicted molar refractivity (Wildman–Crippen MR) is 84.0 cm³/mol. The molecule has 0 amide bonds. The van der Waals surface area contributed by atoms with Gasteiger partial charge in [0.1, 0.15) is 0 Å². The topological polar surface area (TPSA) is 58.9 Å². The lowest BCUT2D eigenvalue weighted by Crippen LogP contribution is -2.51. The van der Waals surface area contributed by atoms with Crippen LogP contribution < -0.4 is 4.74 Å². The van der Waals surface area contributed by atoms with Crippen LogP contribution >= 0.6 is 0 Å². The molecule has 1 saturated carbocycles. The maximum Gasteiger partial charge on any atom is 0.160 e. The maximum absolute atomic E-state index is 10.9. The highest BCUT2D eigenvalue weighted by Gasteiger charge is 2.47. The molecule has 122 valence electrons. The molecular weight excluding hydrogens is 280 g/mol. The number of methoxy groups -OCH3 is 1. The molecule has 2 aliphatic rings.